The molecule has 0 aromatic rings. The highest BCUT2D eigenvalue weighted by atomic mass is 16.5. The molecule has 0 heterocycles. The molecule has 0 amide bonds. The lowest BCUT2D eigenvalue weighted by atomic mass is 9.70. The molecule has 0 saturated heterocycles. The summed E-state index contributed by atoms with van der Waals surface area (Å²) < 4.78 is 5.37. The van der Waals surface area contributed by atoms with E-state index in [1.165, 1.54) is 58.3 Å². The van der Waals surface area contributed by atoms with Gasteiger partial charge in [0.2, 0.25) is 0 Å². The summed E-state index contributed by atoms with van der Waals surface area (Å²) in [6, 6.07) is 0. The predicted octanol–water partition coefficient (Wildman–Crippen LogP) is 4.95. The van der Waals surface area contributed by atoms with Gasteiger partial charge in [0.15, 0.2) is 0 Å². The molecule has 228 valence electrons. The monoisotopic (exact) mass is 562 g/mol. The number of esters is 1. The second-order valence-electron chi connectivity index (χ2n) is 13.3. The lowest BCUT2D eigenvalue weighted by molar-refractivity contribution is -0.142. The maximum Gasteiger partial charge on any atom is 0.333 e. The summed E-state index contributed by atoms with van der Waals surface area (Å²) >= 11 is 0. The molecule has 0 radical (unpaired) electrons. The van der Waals surface area contributed by atoms with Crippen LogP contribution >= 0.6 is 0 Å². The predicted molar refractivity (Wildman–Crippen MR) is 155 cm³/mol. The Morgan fingerprint density at radius 3 is 1.27 bits per heavy atom. The fourth-order valence-electron chi connectivity index (χ4n) is 10.1. The smallest absolute Gasteiger partial charge is 0.333 e. The molecule has 0 aliphatic heterocycles. The first-order chi connectivity index (χ1) is 18.6. The van der Waals surface area contributed by atoms with Crippen LogP contribution in [0, 0.1) is 71.0 Å². The first kappa shape index (κ1) is 32.8. The normalized spacial score (nSPS) is 41.0. The van der Waals surface area contributed by atoms with E-state index >= 15 is 0 Å². The maximum absolute atomic E-state index is 11.5. The first-order valence-electron chi connectivity index (χ1n) is 15.2. The standard InChI is InChI=1S/C16H24O3.C12H20O2.C4H6O2.CH4/c1-9(2)16(18)19-8-15-13-6-12(14(15)7-17)10-4-3-5-11(10)13;13-5-11-9-4-10(12(11)6-14)8-3-1-2-7(8)9;1-3(2)4(5)6;/h10-15,17H,1,3-8H2,2H3;7-14H,1-6H2;1H2,2H3,(H,5,6);1H4. The zero-order chi connectivity index (χ0) is 28.4. The quantitative estimate of drug-likeness (QED) is 0.256. The molecule has 40 heavy (non-hydrogen) atoms. The minimum atomic E-state index is -0.935. The van der Waals surface area contributed by atoms with Crippen molar-refractivity contribution >= 4 is 11.9 Å². The molecule has 6 saturated carbocycles. The molecule has 0 aromatic heterocycles. The van der Waals surface area contributed by atoms with Gasteiger partial charge in [-0.2, -0.15) is 0 Å². The number of carboxylic acid groups (broad SMARTS) is 1. The van der Waals surface area contributed by atoms with Crippen molar-refractivity contribution in [3.8, 4) is 0 Å². The van der Waals surface area contributed by atoms with E-state index in [0.717, 1.165) is 35.5 Å². The van der Waals surface area contributed by atoms with Crippen LogP contribution in [0.2, 0.25) is 0 Å². The molecule has 4 N–H and O–H groups in total. The molecule has 7 nitrogen and oxygen atoms in total. The maximum atomic E-state index is 11.5. The van der Waals surface area contributed by atoms with Gasteiger partial charge in [-0.25, -0.2) is 9.59 Å². The Morgan fingerprint density at radius 2 is 0.975 bits per heavy atom. The molecule has 0 spiro atoms. The summed E-state index contributed by atoms with van der Waals surface area (Å²) in [5.41, 5.74) is 0.637. The Balaban J connectivity index is 0.000000185. The molecule has 12 unspecified atom stereocenters. The minimum absolute atomic E-state index is 0. The van der Waals surface area contributed by atoms with Crippen LogP contribution in [0.1, 0.15) is 72.6 Å². The van der Waals surface area contributed by atoms with Crippen molar-refractivity contribution in [2.75, 3.05) is 26.4 Å². The van der Waals surface area contributed by atoms with E-state index in [1.54, 1.807) is 6.92 Å². The van der Waals surface area contributed by atoms with Gasteiger partial charge < -0.3 is 25.2 Å². The van der Waals surface area contributed by atoms with Crippen molar-refractivity contribution in [2.45, 2.75) is 72.6 Å². The summed E-state index contributed by atoms with van der Waals surface area (Å²) in [5, 5.41) is 36.4. The van der Waals surface area contributed by atoms with Crippen LogP contribution in [-0.2, 0) is 14.3 Å². The van der Waals surface area contributed by atoms with Gasteiger partial charge >= 0.3 is 11.9 Å². The Hall–Kier alpha value is -1.70. The van der Waals surface area contributed by atoms with Gasteiger partial charge in [0.05, 0.1) is 6.61 Å². The summed E-state index contributed by atoms with van der Waals surface area (Å²) in [6.45, 7) is 11.2. The van der Waals surface area contributed by atoms with Crippen LogP contribution in [0.15, 0.2) is 24.3 Å². The molecular formula is C33H54O7. The fraction of sp³-hybridized carbons (Fsp3) is 0.818. The van der Waals surface area contributed by atoms with Crippen molar-refractivity contribution < 1.29 is 34.8 Å². The van der Waals surface area contributed by atoms with Crippen molar-refractivity contribution in [2.24, 2.45) is 71.0 Å². The topological polar surface area (TPSA) is 124 Å². The average molecular weight is 563 g/mol. The van der Waals surface area contributed by atoms with Crippen LogP contribution < -0.4 is 0 Å². The van der Waals surface area contributed by atoms with Crippen LogP contribution in [0.25, 0.3) is 0 Å². The highest BCUT2D eigenvalue weighted by molar-refractivity contribution is 5.86. The molecule has 4 bridgehead atoms. The summed E-state index contributed by atoms with van der Waals surface area (Å²) in [7, 11) is 0. The third-order valence-electron chi connectivity index (χ3n) is 11.6. The minimum Gasteiger partial charge on any atom is -0.478 e. The zero-order valence-corrected chi connectivity index (χ0v) is 23.8. The van der Waals surface area contributed by atoms with Crippen LogP contribution in [0.5, 0.6) is 0 Å². The molecule has 6 rings (SSSR count). The molecule has 6 aliphatic carbocycles. The second-order valence-corrected chi connectivity index (χ2v) is 13.3. The van der Waals surface area contributed by atoms with E-state index in [9.17, 15) is 24.9 Å². The largest absolute Gasteiger partial charge is 0.478 e. The second kappa shape index (κ2) is 14.0. The molecule has 0 aromatic carbocycles. The lowest BCUT2D eigenvalue weighted by Crippen LogP contribution is -2.37. The van der Waals surface area contributed by atoms with Gasteiger partial charge in [-0.05, 0) is 117 Å². The molecule has 7 heteroatoms. The molecule has 6 fully saturated rings. The van der Waals surface area contributed by atoms with Crippen molar-refractivity contribution in [1.82, 2.24) is 0 Å². The highest BCUT2D eigenvalue weighted by Crippen LogP contribution is 2.64. The number of carboxylic acids is 1. The van der Waals surface area contributed by atoms with E-state index < -0.39 is 5.97 Å². The number of hydrogen-bond donors (Lipinski definition) is 4. The SMILES string of the molecule is C.C=C(C)C(=O)O.C=C(C)C(=O)OCC1C(CO)C2CC1C1CCCC12.OCC1C(CO)C2CC1C1CCCC12. The Kier molecular flexibility index (Phi) is 11.5. The Bertz CT molecular complexity index is 880. The van der Waals surface area contributed by atoms with Crippen molar-refractivity contribution in [1.29, 1.82) is 0 Å². The Labute approximate surface area is 241 Å². The number of hydrogen-bond acceptors (Lipinski definition) is 6. The van der Waals surface area contributed by atoms with Gasteiger partial charge in [-0.3, -0.25) is 0 Å². The Morgan fingerprint density at radius 1 is 0.650 bits per heavy atom. The molecule has 12 atom stereocenters. The van der Waals surface area contributed by atoms with E-state index in [0.29, 0.717) is 60.9 Å². The number of rotatable bonds is 7. The third-order valence-corrected chi connectivity index (χ3v) is 11.6. The van der Waals surface area contributed by atoms with E-state index in [1.807, 2.05) is 0 Å². The summed E-state index contributed by atoms with van der Waals surface area (Å²) in [4.78, 5) is 21.1. The van der Waals surface area contributed by atoms with Gasteiger partial charge in [-0.15, -0.1) is 0 Å². The number of aliphatic hydroxyl groups excluding tert-OH is 3. The molecule has 6 aliphatic rings. The van der Waals surface area contributed by atoms with Crippen LogP contribution in [-0.4, -0.2) is 58.8 Å². The zero-order valence-electron chi connectivity index (χ0n) is 23.8. The fourth-order valence-corrected chi connectivity index (χ4v) is 10.1. The van der Waals surface area contributed by atoms with Gasteiger partial charge in [-0.1, -0.05) is 33.4 Å². The van der Waals surface area contributed by atoms with Gasteiger partial charge in [0, 0.05) is 36.9 Å². The lowest BCUT2D eigenvalue weighted by Gasteiger charge is -2.37. The number of carbonyl (C=O) groups excluding carboxylic acids is 1. The van der Waals surface area contributed by atoms with E-state index in [2.05, 4.69) is 13.2 Å². The van der Waals surface area contributed by atoms with Crippen LogP contribution in [0.3, 0.4) is 0 Å². The highest BCUT2D eigenvalue weighted by Gasteiger charge is 2.59. The number of aliphatic hydroxyl groups is 3. The van der Waals surface area contributed by atoms with Crippen LogP contribution in [0.4, 0.5) is 0 Å². The van der Waals surface area contributed by atoms with Crippen molar-refractivity contribution in [3.05, 3.63) is 24.3 Å². The number of ether oxygens (including phenoxy) is 1. The van der Waals surface area contributed by atoms with E-state index in [-0.39, 0.29) is 25.6 Å². The van der Waals surface area contributed by atoms with Crippen molar-refractivity contribution in [3.63, 3.8) is 0 Å². The summed E-state index contributed by atoms with van der Waals surface area (Å²) in [6.07, 6.45) is 10.7. The summed E-state index contributed by atoms with van der Waals surface area (Å²) in [5.74, 6) is 6.66. The number of fused-ring (bicyclic) bond motifs is 10. The third kappa shape index (κ3) is 6.22. The van der Waals surface area contributed by atoms with Gasteiger partial charge in [0.1, 0.15) is 0 Å². The molecular weight excluding hydrogens is 508 g/mol. The first-order valence-corrected chi connectivity index (χ1v) is 15.2. The number of carbonyl (C=O) groups is 2. The van der Waals surface area contributed by atoms with E-state index in [4.69, 9.17) is 9.84 Å². The average Bonchev–Trinajstić information content (AvgIpc) is 3.73. The van der Waals surface area contributed by atoms with Gasteiger partial charge in [0.25, 0.3) is 0 Å². The number of aliphatic carboxylic acids is 1.